The van der Waals surface area contributed by atoms with Crippen molar-refractivity contribution >= 4 is 5.78 Å². The van der Waals surface area contributed by atoms with Crippen LogP contribution in [-0.2, 0) is 7.05 Å². The molecule has 0 aromatic carbocycles. The van der Waals surface area contributed by atoms with E-state index in [1.165, 1.54) is 4.68 Å². The van der Waals surface area contributed by atoms with Crippen LogP contribution in [0.1, 0.15) is 17.4 Å². The molecule has 0 bridgehead atoms. The number of hydrogen-bond acceptors (Lipinski definition) is 3. The van der Waals surface area contributed by atoms with Crippen molar-refractivity contribution in [2.24, 2.45) is 12.8 Å². The normalized spacial score (nSPS) is 13.0. The van der Waals surface area contributed by atoms with E-state index >= 15 is 0 Å². The van der Waals surface area contributed by atoms with Crippen LogP contribution in [0.25, 0.3) is 0 Å². The van der Waals surface area contributed by atoms with Crippen LogP contribution in [0.15, 0.2) is 12.3 Å². The molecule has 0 aliphatic rings. The molecule has 0 unspecified atom stereocenters. The fourth-order valence-electron chi connectivity index (χ4n) is 0.849. The summed E-state index contributed by atoms with van der Waals surface area (Å²) in [5.74, 6) is -0.0787. The van der Waals surface area contributed by atoms with E-state index in [9.17, 15) is 4.79 Å². The maximum absolute atomic E-state index is 11.2. The van der Waals surface area contributed by atoms with Crippen LogP contribution in [0.4, 0.5) is 0 Å². The second-order valence-corrected chi connectivity index (χ2v) is 2.49. The van der Waals surface area contributed by atoms with Crippen molar-refractivity contribution in [2.45, 2.75) is 13.0 Å². The van der Waals surface area contributed by atoms with Gasteiger partial charge in [-0.25, -0.2) is 0 Å². The van der Waals surface area contributed by atoms with Crippen molar-refractivity contribution in [2.75, 3.05) is 0 Å². The Morgan fingerprint density at radius 3 is 2.82 bits per heavy atom. The molecule has 1 atom stereocenters. The Labute approximate surface area is 65.0 Å². The number of carbonyl (C=O) groups excluding carboxylic acids is 1. The topological polar surface area (TPSA) is 60.9 Å². The van der Waals surface area contributed by atoms with Gasteiger partial charge in [0.25, 0.3) is 0 Å². The third-order valence-electron chi connectivity index (χ3n) is 1.49. The lowest BCUT2D eigenvalue weighted by Crippen LogP contribution is -2.28. The van der Waals surface area contributed by atoms with E-state index in [1.807, 2.05) is 0 Å². The third-order valence-corrected chi connectivity index (χ3v) is 1.49. The molecule has 4 nitrogen and oxygen atoms in total. The van der Waals surface area contributed by atoms with Gasteiger partial charge in [0, 0.05) is 13.2 Å². The van der Waals surface area contributed by atoms with Crippen molar-refractivity contribution < 1.29 is 4.79 Å². The minimum atomic E-state index is -0.453. The number of hydrogen-bond donors (Lipinski definition) is 1. The van der Waals surface area contributed by atoms with Gasteiger partial charge in [-0.1, -0.05) is 0 Å². The number of carbonyl (C=O) groups is 1. The van der Waals surface area contributed by atoms with Crippen LogP contribution in [0.5, 0.6) is 0 Å². The summed E-state index contributed by atoms with van der Waals surface area (Å²) in [7, 11) is 1.72. The van der Waals surface area contributed by atoms with Gasteiger partial charge in [0.05, 0.1) is 6.04 Å². The minimum absolute atomic E-state index is 0.0787. The van der Waals surface area contributed by atoms with Crippen molar-refractivity contribution in [3.8, 4) is 0 Å². The summed E-state index contributed by atoms with van der Waals surface area (Å²) in [6, 6.07) is 1.21. The highest BCUT2D eigenvalue weighted by Gasteiger charge is 2.13. The number of ketones is 1. The maximum Gasteiger partial charge on any atom is 0.197 e. The van der Waals surface area contributed by atoms with Gasteiger partial charge < -0.3 is 5.73 Å². The summed E-state index contributed by atoms with van der Waals surface area (Å²) in [5, 5.41) is 3.86. The lowest BCUT2D eigenvalue weighted by molar-refractivity contribution is 0.0958. The lowest BCUT2D eigenvalue weighted by atomic mass is 10.2. The summed E-state index contributed by atoms with van der Waals surface area (Å²) >= 11 is 0. The molecular weight excluding hydrogens is 142 g/mol. The number of rotatable bonds is 2. The van der Waals surface area contributed by atoms with E-state index in [1.54, 1.807) is 26.2 Å². The van der Waals surface area contributed by atoms with Gasteiger partial charge in [-0.3, -0.25) is 9.48 Å². The first-order valence-corrected chi connectivity index (χ1v) is 3.40. The van der Waals surface area contributed by atoms with Gasteiger partial charge in [0.2, 0.25) is 0 Å². The van der Waals surface area contributed by atoms with E-state index in [0.717, 1.165) is 0 Å². The van der Waals surface area contributed by atoms with Crippen molar-refractivity contribution in [3.05, 3.63) is 18.0 Å². The second-order valence-electron chi connectivity index (χ2n) is 2.49. The molecule has 60 valence electrons. The predicted molar refractivity (Wildman–Crippen MR) is 41.2 cm³/mol. The van der Waals surface area contributed by atoms with Crippen molar-refractivity contribution in [1.82, 2.24) is 9.78 Å². The Balaban J connectivity index is 2.93. The Morgan fingerprint density at radius 2 is 2.45 bits per heavy atom. The molecule has 0 saturated carbocycles. The first-order chi connectivity index (χ1) is 5.13. The SMILES string of the molecule is C[C@H](N)C(=O)c1ccnn1C. The maximum atomic E-state index is 11.2. The van der Waals surface area contributed by atoms with Crippen LogP contribution in [-0.4, -0.2) is 21.6 Å². The summed E-state index contributed by atoms with van der Waals surface area (Å²) in [6.45, 7) is 1.66. The Hall–Kier alpha value is -1.16. The fourth-order valence-corrected chi connectivity index (χ4v) is 0.849. The van der Waals surface area contributed by atoms with E-state index in [-0.39, 0.29) is 5.78 Å². The van der Waals surface area contributed by atoms with Gasteiger partial charge in [-0.15, -0.1) is 0 Å². The molecule has 1 rings (SSSR count). The monoisotopic (exact) mass is 153 g/mol. The summed E-state index contributed by atoms with van der Waals surface area (Å²) < 4.78 is 1.52. The molecule has 1 heterocycles. The summed E-state index contributed by atoms with van der Waals surface area (Å²) in [6.07, 6.45) is 1.58. The van der Waals surface area contributed by atoms with Crippen LogP contribution < -0.4 is 5.73 Å². The molecule has 2 N–H and O–H groups in total. The Morgan fingerprint density at radius 1 is 1.82 bits per heavy atom. The quantitative estimate of drug-likeness (QED) is 0.606. The molecule has 0 amide bonds. The van der Waals surface area contributed by atoms with E-state index < -0.39 is 6.04 Å². The predicted octanol–water partition coefficient (Wildman–Crippen LogP) is -0.0500. The first kappa shape index (κ1) is 7.94. The third kappa shape index (κ3) is 1.46. The molecule has 1 aromatic heterocycles. The molecule has 0 aliphatic carbocycles. The van der Waals surface area contributed by atoms with Crippen LogP contribution in [0, 0.1) is 0 Å². The average Bonchev–Trinajstić information content (AvgIpc) is 2.33. The van der Waals surface area contributed by atoms with Gasteiger partial charge in [-0.05, 0) is 13.0 Å². The molecule has 4 heteroatoms. The Kier molecular flexibility index (Phi) is 2.05. The van der Waals surface area contributed by atoms with E-state index in [2.05, 4.69) is 5.10 Å². The molecule has 0 fully saturated rings. The van der Waals surface area contributed by atoms with Gasteiger partial charge in [0.1, 0.15) is 5.69 Å². The number of nitrogens with zero attached hydrogens (tertiary/aromatic N) is 2. The number of aryl methyl sites for hydroxylation is 1. The largest absolute Gasteiger partial charge is 0.321 e. The van der Waals surface area contributed by atoms with Crippen LogP contribution in [0.2, 0.25) is 0 Å². The second kappa shape index (κ2) is 2.84. The van der Waals surface area contributed by atoms with Crippen molar-refractivity contribution in [3.63, 3.8) is 0 Å². The standard InChI is InChI=1S/C7H11N3O/c1-5(8)7(11)6-3-4-9-10(6)2/h3-5H,8H2,1-2H3/t5-/m0/s1. The zero-order valence-corrected chi connectivity index (χ0v) is 6.61. The highest BCUT2D eigenvalue weighted by molar-refractivity contribution is 5.98. The summed E-state index contributed by atoms with van der Waals surface area (Å²) in [4.78, 5) is 11.2. The molecule has 0 aliphatic heterocycles. The number of aromatic nitrogens is 2. The Bertz CT molecular complexity index is 264. The molecule has 0 spiro atoms. The highest BCUT2D eigenvalue weighted by atomic mass is 16.1. The molecule has 11 heavy (non-hydrogen) atoms. The van der Waals surface area contributed by atoms with Gasteiger partial charge in [-0.2, -0.15) is 5.10 Å². The van der Waals surface area contributed by atoms with Crippen LogP contribution >= 0.6 is 0 Å². The fraction of sp³-hybridized carbons (Fsp3) is 0.429. The number of nitrogens with two attached hydrogens (primary N) is 1. The zero-order valence-electron chi connectivity index (χ0n) is 6.61. The molecule has 1 aromatic rings. The highest BCUT2D eigenvalue weighted by Crippen LogP contribution is 1.99. The first-order valence-electron chi connectivity index (χ1n) is 3.40. The van der Waals surface area contributed by atoms with E-state index in [0.29, 0.717) is 5.69 Å². The van der Waals surface area contributed by atoms with Gasteiger partial charge >= 0.3 is 0 Å². The van der Waals surface area contributed by atoms with Crippen molar-refractivity contribution in [1.29, 1.82) is 0 Å². The average molecular weight is 153 g/mol. The van der Waals surface area contributed by atoms with Crippen LogP contribution in [0.3, 0.4) is 0 Å². The summed E-state index contributed by atoms with van der Waals surface area (Å²) in [5.41, 5.74) is 5.96. The van der Waals surface area contributed by atoms with E-state index in [4.69, 9.17) is 5.73 Å². The van der Waals surface area contributed by atoms with Gasteiger partial charge in [0.15, 0.2) is 5.78 Å². The zero-order chi connectivity index (χ0) is 8.43. The number of Topliss-reactive ketones (excluding diaryl/α,β-unsaturated/α-hetero) is 1. The molecule has 0 radical (unpaired) electrons. The lowest BCUT2D eigenvalue weighted by Gasteiger charge is -2.02. The molecular formula is C7H11N3O. The minimum Gasteiger partial charge on any atom is -0.321 e. The smallest absolute Gasteiger partial charge is 0.197 e. The molecule has 0 saturated heterocycles.